The molecule has 0 amide bonds. The molecule has 14 heavy (non-hydrogen) atoms. The maximum absolute atomic E-state index is 11.5. The molecule has 1 aromatic carbocycles. The number of rotatable bonds is 4. The van der Waals surface area contributed by atoms with E-state index < -0.39 is 21.4 Å². The lowest BCUT2D eigenvalue weighted by Crippen LogP contribution is -2.23. The van der Waals surface area contributed by atoms with Crippen molar-refractivity contribution in [3.05, 3.63) is 30.3 Å². The molecule has 1 aromatic rings. The lowest BCUT2D eigenvalue weighted by molar-refractivity contribution is -0.115. The highest BCUT2D eigenvalue weighted by atomic mass is 32.2. The number of carbonyl (C=O) groups excluding carboxylic acids is 1. The molecule has 0 aliphatic rings. The number of hydrogen-bond acceptors (Lipinski definition) is 4. The maximum Gasteiger partial charge on any atom is 0.185 e. The molecule has 0 fully saturated rings. The van der Waals surface area contributed by atoms with Crippen LogP contribution in [0.1, 0.15) is 0 Å². The Bertz CT molecular complexity index is 411. The topological polar surface area (TPSA) is 77.2 Å². The number of nitrogens with two attached hydrogens (primary N) is 1. The molecule has 0 bridgehead atoms. The Kier molecular flexibility index (Phi) is 3.38. The van der Waals surface area contributed by atoms with Crippen LogP contribution in [0.2, 0.25) is 0 Å². The summed E-state index contributed by atoms with van der Waals surface area (Å²) in [5, 5.41) is 0. The SMILES string of the molecule is NCC(=O)CS(=O)(=O)c1ccccc1. The molecule has 0 aliphatic carbocycles. The number of sulfone groups is 1. The van der Waals surface area contributed by atoms with Crippen LogP contribution in [0.15, 0.2) is 35.2 Å². The largest absolute Gasteiger partial charge is 0.324 e. The molecule has 0 saturated carbocycles. The molecule has 5 heteroatoms. The number of ketones is 1. The summed E-state index contributed by atoms with van der Waals surface area (Å²) in [4.78, 5) is 11.1. The standard InChI is InChI=1S/C9H11NO3S/c10-6-8(11)7-14(12,13)9-4-2-1-3-5-9/h1-5H,6-7,10H2. The van der Waals surface area contributed by atoms with Crippen LogP contribution in [0.4, 0.5) is 0 Å². The second kappa shape index (κ2) is 4.34. The second-order valence-corrected chi connectivity index (χ2v) is 4.80. The quantitative estimate of drug-likeness (QED) is 0.763. The van der Waals surface area contributed by atoms with Gasteiger partial charge in [0.2, 0.25) is 0 Å². The Morgan fingerprint density at radius 3 is 2.29 bits per heavy atom. The van der Waals surface area contributed by atoms with Crippen molar-refractivity contribution in [3.63, 3.8) is 0 Å². The third-order valence-corrected chi connectivity index (χ3v) is 3.37. The van der Waals surface area contributed by atoms with Crippen molar-refractivity contribution in [2.24, 2.45) is 5.73 Å². The average Bonchev–Trinajstić information content (AvgIpc) is 2.18. The highest BCUT2D eigenvalue weighted by molar-refractivity contribution is 7.92. The average molecular weight is 213 g/mol. The molecule has 0 radical (unpaired) electrons. The Morgan fingerprint density at radius 2 is 1.79 bits per heavy atom. The zero-order valence-corrected chi connectivity index (χ0v) is 8.33. The van der Waals surface area contributed by atoms with Crippen molar-refractivity contribution >= 4 is 15.6 Å². The van der Waals surface area contributed by atoms with Gasteiger partial charge in [-0.2, -0.15) is 0 Å². The molecule has 0 spiro atoms. The van der Waals surface area contributed by atoms with Crippen LogP contribution in [0.3, 0.4) is 0 Å². The summed E-state index contributed by atoms with van der Waals surface area (Å²) in [6, 6.07) is 7.85. The van der Waals surface area contributed by atoms with Crippen LogP contribution >= 0.6 is 0 Å². The van der Waals surface area contributed by atoms with E-state index in [1.165, 1.54) is 12.1 Å². The molecule has 4 nitrogen and oxygen atoms in total. The summed E-state index contributed by atoms with van der Waals surface area (Å²) in [5.74, 6) is -0.998. The molecule has 0 heterocycles. The van der Waals surface area contributed by atoms with Gasteiger partial charge in [0.25, 0.3) is 0 Å². The fourth-order valence-electron chi connectivity index (χ4n) is 0.982. The molecular formula is C9H11NO3S. The van der Waals surface area contributed by atoms with Gasteiger partial charge >= 0.3 is 0 Å². The van der Waals surface area contributed by atoms with Gasteiger partial charge in [-0.1, -0.05) is 18.2 Å². The van der Waals surface area contributed by atoms with E-state index in [9.17, 15) is 13.2 Å². The van der Waals surface area contributed by atoms with Gasteiger partial charge in [0.1, 0.15) is 5.75 Å². The molecule has 76 valence electrons. The molecule has 2 N–H and O–H groups in total. The van der Waals surface area contributed by atoms with E-state index in [0.717, 1.165) is 0 Å². The van der Waals surface area contributed by atoms with Crippen molar-refractivity contribution in [3.8, 4) is 0 Å². The van der Waals surface area contributed by atoms with Crippen LogP contribution in [-0.2, 0) is 14.6 Å². The Labute approximate surface area is 82.7 Å². The predicted octanol–water partition coefficient (Wildman–Crippen LogP) is -0.0119. The second-order valence-electron chi connectivity index (χ2n) is 2.81. The number of Topliss-reactive ketones (excluding diaryl/α,β-unsaturated/α-hetero) is 1. The Hall–Kier alpha value is -1.20. The van der Waals surface area contributed by atoms with Crippen LogP contribution in [0, 0.1) is 0 Å². The van der Waals surface area contributed by atoms with E-state index in [-0.39, 0.29) is 11.4 Å². The minimum atomic E-state index is -3.50. The monoisotopic (exact) mass is 213 g/mol. The first-order valence-corrected chi connectivity index (χ1v) is 5.71. The third kappa shape index (κ3) is 2.65. The molecule has 1 rings (SSSR count). The third-order valence-electron chi connectivity index (χ3n) is 1.68. The van der Waals surface area contributed by atoms with Gasteiger partial charge in [0.05, 0.1) is 11.4 Å². The van der Waals surface area contributed by atoms with E-state index in [0.29, 0.717) is 0 Å². The first-order valence-electron chi connectivity index (χ1n) is 4.06. The minimum absolute atomic E-state index is 0.154. The van der Waals surface area contributed by atoms with Crippen LogP contribution in [0.25, 0.3) is 0 Å². The fraction of sp³-hybridized carbons (Fsp3) is 0.222. The molecule has 0 aromatic heterocycles. The smallest absolute Gasteiger partial charge is 0.185 e. The van der Waals surface area contributed by atoms with Gasteiger partial charge in [-0.05, 0) is 12.1 Å². The summed E-state index contributed by atoms with van der Waals surface area (Å²) in [6.45, 7) is -0.244. The summed E-state index contributed by atoms with van der Waals surface area (Å²) in [5.41, 5.74) is 5.04. The van der Waals surface area contributed by atoms with Gasteiger partial charge < -0.3 is 5.73 Å². The first-order chi connectivity index (χ1) is 6.56. The van der Waals surface area contributed by atoms with Gasteiger partial charge in [-0.15, -0.1) is 0 Å². The highest BCUT2D eigenvalue weighted by Crippen LogP contribution is 2.09. The predicted molar refractivity (Wildman–Crippen MR) is 52.6 cm³/mol. The number of carbonyl (C=O) groups is 1. The van der Waals surface area contributed by atoms with E-state index in [2.05, 4.69) is 0 Å². The van der Waals surface area contributed by atoms with E-state index in [1.807, 2.05) is 0 Å². The van der Waals surface area contributed by atoms with E-state index >= 15 is 0 Å². The van der Waals surface area contributed by atoms with Crippen molar-refractivity contribution in [1.82, 2.24) is 0 Å². The van der Waals surface area contributed by atoms with E-state index in [4.69, 9.17) is 5.73 Å². The summed E-state index contributed by atoms with van der Waals surface area (Å²) < 4.78 is 23.1. The summed E-state index contributed by atoms with van der Waals surface area (Å²) >= 11 is 0. The molecule has 0 unspecified atom stereocenters. The molecule has 0 aliphatic heterocycles. The Morgan fingerprint density at radius 1 is 1.21 bits per heavy atom. The highest BCUT2D eigenvalue weighted by Gasteiger charge is 2.17. The van der Waals surface area contributed by atoms with Crippen molar-refractivity contribution < 1.29 is 13.2 Å². The summed E-state index contributed by atoms with van der Waals surface area (Å²) in [6.07, 6.45) is 0. The summed E-state index contributed by atoms with van der Waals surface area (Å²) in [7, 11) is -3.50. The lowest BCUT2D eigenvalue weighted by Gasteiger charge is -2.01. The van der Waals surface area contributed by atoms with E-state index in [1.54, 1.807) is 18.2 Å². The minimum Gasteiger partial charge on any atom is -0.324 e. The van der Waals surface area contributed by atoms with Crippen LogP contribution < -0.4 is 5.73 Å². The molecule has 0 saturated heterocycles. The Balaban J connectivity index is 2.93. The molecular weight excluding hydrogens is 202 g/mol. The van der Waals surface area contributed by atoms with Gasteiger partial charge in [0.15, 0.2) is 15.6 Å². The number of hydrogen-bond donors (Lipinski definition) is 1. The van der Waals surface area contributed by atoms with Crippen molar-refractivity contribution in [2.45, 2.75) is 4.90 Å². The van der Waals surface area contributed by atoms with Crippen molar-refractivity contribution in [2.75, 3.05) is 12.3 Å². The first kappa shape index (κ1) is 10.9. The zero-order chi connectivity index (χ0) is 10.6. The fourth-order valence-corrected chi connectivity index (χ4v) is 2.26. The van der Waals surface area contributed by atoms with Crippen molar-refractivity contribution in [1.29, 1.82) is 0 Å². The van der Waals surface area contributed by atoms with Gasteiger partial charge in [-0.25, -0.2) is 8.42 Å². The van der Waals surface area contributed by atoms with Crippen LogP contribution in [-0.4, -0.2) is 26.5 Å². The maximum atomic E-state index is 11.5. The number of benzene rings is 1. The van der Waals surface area contributed by atoms with Gasteiger partial charge in [0, 0.05) is 0 Å². The van der Waals surface area contributed by atoms with Crippen LogP contribution in [0.5, 0.6) is 0 Å². The molecule has 0 atom stereocenters. The van der Waals surface area contributed by atoms with Gasteiger partial charge in [-0.3, -0.25) is 4.79 Å². The normalized spacial score (nSPS) is 11.2. The lowest BCUT2D eigenvalue weighted by atomic mass is 10.4. The zero-order valence-electron chi connectivity index (χ0n) is 7.51.